The molecule has 0 saturated heterocycles. The Balaban J connectivity index is 4.61. The number of hydrogen-bond acceptors (Lipinski definition) is 6. The predicted molar refractivity (Wildman–Crippen MR) is 223 cm³/mol. The van der Waals surface area contributed by atoms with E-state index in [4.69, 9.17) is 14.2 Å². The molecule has 0 amide bonds. The van der Waals surface area contributed by atoms with Gasteiger partial charge >= 0.3 is 17.9 Å². The Morgan fingerprint density at radius 1 is 0.434 bits per heavy atom. The van der Waals surface area contributed by atoms with Gasteiger partial charge in [0.25, 0.3) is 0 Å². The Morgan fingerprint density at radius 3 is 1.45 bits per heavy atom. The normalized spacial score (nSPS) is 13.3. The molecule has 0 bridgehead atoms. The molecule has 0 saturated carbocycles. The maximum absolute atomic E-state index is 12.6. The standard InChI is InChI=1S/C47H70O6/c1-4-7-10-13-16-19-21-22-23-24-26-28-31-34-37-40-46(49)52-43-44(42-51-45(48)39-36-33-30-27-18-15-12-9-6-3)53-47(50)41-38-35-32-29-25-20-17-14-11-8-5-2/h7,9-10,12-14,16-27,33,36,44H,4-6,8,11,15,28-32,34-35,37-43H2,1-3H3/b10-7-,12-9-,16-13-,17-14-,21-19-,23-22-,25-20-,26-24-,27-18-,36-33-. The topological polar surface area (TPSA) is 78.9 Å². The maximum Gasteiger partial charge on any atom is 0.309 e. The third-order valence-corrected chi connectivity index (χ3v) is 7.62. The maximum atomic E-state index is 12.6. The van der Waals surface area contributed by atoms with Gasteiger partial charge in [0.15, 0.2) is 6.10 Å². The monoisotopic (exact) mass is 731 g/mol. The van der Waals surface area contributed by atoms with E-state index in [2.05, 4.69) is 81.5 Å². The van der Waals surface area contributed by atoms with Crippen LogP contribution >= 0.6 is 0 Å². The van der Waals surface area contributed by atoms with Gasteiger partial charge < -0.3 is 14.2 Å². The van der Waals surface area contributed by atoms with Gasteiger partial charge in [0, 0.05) is 12.8 Å². The molecule has 0 aliphatic carbocycles. The molecule has 0 rings (SSSR count). The average molecular weight is 731 g/mol. The van der Waals surface area contributed by atoms with Crippen LogP contribution < -0.4 is 0 Å². The molecule has 0 fully saturated rings. The molecule has 6 heteroatoms. The average Bonchev–Trinajstić information content (AvgIpc) is 3.15. The lowest BCUT2D eigenvalue weighted by Gasteiger charge is -2.18. The van der Waals surface area contributed by atoms with Crippen molar-refractivity contribution < 1.29 is 28.6 Å². The van der Waals surface area contributed by atoms with Crippen LogP contribution in [0.25, 0.3) is 0 Å². The summed E-state index contributed by atoms with van der Waals surface area (Å²) < 4.78 is 16.4. The van der Waals surface area contributed by atoms with Crippen molar-refractivity contribution >= 4 is 17.9 Å². The molecule has 1 atom stereocenters. The lowest BCUT2D eigenvalue weighted by atomic mass is 10.1. The number of esters is 3. The van der Waals surface area contributed by atoms with Gasteiger partial charge in [-0.2, -0.15) is 0 Å². The van der Waals surface area contributed by atoms with E-state index in [1.54, 1.807) is 6.08 Å². The van der Waals surface area contributed by atoms with E-state index in [0.29, 0.717) is 12.8 Å². The SMILES string of the molecule is CC\C=C/C=C\C=C/C=C\C=C/CCCCCC(=O)OCC(COC(=O)C/C=C\C/C=C\C/C=C\CC)OC(=O)CCCCC/C=C\C=C/CCCC. The fourth-order valence-corrected chi connectivity index (χ4v) is 4.61. The smallest absolute Gasteiger partial charge is 0.309 e. The van der Waals surface area contributed by atoms with Gasteiger partial charge in [0.2, 0.25) is 0 Å². The minimum Gasteiger partial charge on any atom is -0.462 e. The minimum absolute atomic E-state index is 0.115. The van der Waals surface area contributed by atoms with Crippen LogP contribution in [-0.4, -0.2) is 37.2 Å². The summed E-state index contributed by atoms with van der Waals surface area (Å²) in [6, 6.07) is 0. The first-order chi connectivity index (χ1) is 26.0. The number of unbranched alkanes of at least 4 members (excludes halogenated alkanes) is 8. The molecule has 0 aromatic carbocycles. The van der Waals surface area contributed by atoms with Crippen LogP contribution in [0.5, 0.6) is 0 Å². The van der Waals surface area contributed by atoms with Crippen LogP contribution in [0.15, 0.2) is 122 Å². The van der Waals surface area contributed by atoms with Crippen LogP contribution in [0, 0.1) is 0 Å². The molecule has 0 aliphatic heterocycles. The number of allylic oxidation sites excluding steroid dienone is 19. The highest BCUT2D eigenvalue weighted by atomic mass is 16.6. The Morgan fingerprint density at radius 2 is 0.887 bits per heavy atom. The van der Waals surface area contributed by atoms with Gasteiger partial charge in [-0.25, -0.2) is 0 Å². The first-order valence-electron chi connectivity index (χ1n) is 20.1. The van der Waals surface area contributed by atoms with Crippen molar-refractivity contribution in [2.45, 2.75) is 142 Å². The molecular weight excluding hydrogens is 661 g/mol. The second-order valence-corrected chi connectivity index (χ2v) is 12.6. The van der Waals surface area contributed by atoms with Crippen molar-refractivity contribution in [3.05, 3.63) is 122 Å². The molecule has 0 heterocycles. The van der Waals surface area contributed by atoms with Crippen molar-refractivity contribution in [3.63, 3.8) is 0 Å². The zero-order valence-electron chi connectivity index (χ0n) is 33.2. The van der Waals surface area contributed by atoms with Gasteiger partial charge in [-0.3, -0.25) is 14.4 Å². The zero-order chi connectivity index (χ0) is 38.7. The van der Waals surface area contributed by atoms with Gasteiger partial charge in [0.1, 0.15) is 13.2 Å². The van der Waals surface area contributed by atoms with E-state index in [-0.39, 0.29) is 44.4 Å². The number of carbonyl (C=O) groups excluding carboxylic acids is 3. The largest absolute Gasteiger partial charge is 0.462 e. The molecule has 6 nitrogen and oxygen atoms in total. The third-order valence-electron chi connectivity index (χ3n) is 7.62. The zero-order valence-corrected chi connectivity index (χ0v) is 33.2. The van der Waals surface area contributed by atoms with Gasteiger partial charge in [0.05, 0.1) is 6.42 Å². The molecule has 0 aromatic rings. The lowest BCUT2D eigenvalue weighted by Crippen LogP contribution is -2.30. The third kappa shape index (κ3) is 38.9. The Labute approximate surface area is 322 Å². The number of rotatable bonds is 33. The van der Waals surface area contributed by atoms with Crippen LogP contribution in [0.3, 0.4) is 0 Å². The van der Waals surface area contributed by atoms with Crippen LogP contribution in [0.2, 0.25) is 0 Å². The van der Waals surface area contributed by atoms with Crippen molar-refractivity contribution in [1.82, 2.24) is 0 Å². The van der Waals surface area contributed by atoms with Crippen LogP contribution in [-0.2, 0) is 28.6 Å². The second-order valence-electron chi connectivity index (χ2n) is 12.6. The molecule has 53 heavy (non-hydrogen) atoms. The van der Waals surface area contributed by atoms with E-state index in [1.165, 1.54) is 12.8 Å². The highest BCUT2D eigenvalue weighted by Gasteiger charge is 2.19. The van der Waals surface area contributed by atoms with Crippen LogP contribution in [0.4, 0.5) is 0 Å². The molecular formula is C47H70O6. The first-order valence-corrected chi connectivity index (χ1v) is 20.1. The summed E-state index contributed by atoms with van der Waals surface area (Å²) in [4.78, 5) is 37.4. The molecule has 0 aromatic heterocycles. The number of ether oxygens (including phenoxy) is 3. The van der Waals surface area contributed by atoms with E-state index in [1.807, 2.05) is 54.7 Å². The summed E-state index contributed by atoms with van der Waals surface area (Å²) in [6.07, 6.45) is 55.0. The van der Waals surface area contributed by atoms with E-state index >= 15 is 0 Å². The molecule has 0 spiro atoms. The quantitative estimate of drug-likeness (QED) is 0.0220. The summed E-state index contributed by atoms with van der Waals surface area (Å²) in [6.45, 7) is 6.10. The summed E-state index contributed by atoms with van der Waals surface area (Å²) in [5.74, 6) is -1.16. The molecule has 0 radical (unpaired) electrons. The summed E-state index contributed by atoms with van der Waals surface area (Å²) in [5, 5.41) is 0. The number of carbonyl (C=O) groups is 3. The fraction of sp³-hybridized carbons (Fsp3) is 0.511. The molecule has 294 valence electrons. The van der Waals surface area contributed by atoms with Gasteiger partial charge in [-0.05, 0) is 70.6 Å². The molecule has 0 N–H and O–H groups in total. The lowest BCUT2D eigenvalue weighted by molar-refractivity contribution is -0.166. The molecule has 1 unspecified atom stereocenters. The molecule has 0 aliphatic rings. The van der Waals surface area contributed by atoms with Crippen molar-refractivity contribution in [2.24, 2.45) is 0 Å². The second kappa shape index (κ2) is 40.6. The Hall–Kier alpha value is -4.19. The highest BCUT2D eigenvalue weighted by molar-refractivity contribution is 5.72. The highest BCUT2D eigenvalue weighted by Crippen LogP contribution is 2.09. The van der Waals surface area contributed by atoms with E-state index in [9.17, 15) is 14.4 Å². The Kier molecular flexibility index (Phi) is 37.4. The Bertz CT molecular complexity index is 1210. The summed E-state index contributed by atoms with van der Waals surface area (Å²) in [5.41, 5.74) is 0. The van der Waals surface area contributed by atoms with Gasteiger partial charge in [-0.1, -0.05) is 168 Å². The van der Waals surface area contributed by atoms with Crippen molar-refractivity contribution in [2.75, 3.05) is 13.2 Å². The van der Waals surface area contributed by atoms with E-state index < -0.39 is 12.1 Å². The van der Waals surface area contributed by atoms with Crippen molar-refractivity contribution in [3.8, 4) is 0 Å². The minimum atomic E-state index is -0.845. The van der Waals surface area contributed by atoms with Crippen LogP contribution in [0.1, 0.15) is 136 Å². The summed E-state index contributed by atoms with van der Waals surface area (Å²) >= 11 is 0. The fourth-order valence-electron chi connectivity index (χ4n) is 4.61. The van der Waals surface area contributed by atoms with Crippen molar-refractivity contribution in [1.29, 1.82) is 0 Å². The number of hydrogen-bond donors (Lipinski definition) is 0. The predicted octanol–water partition coefficient (Wildman–Crippen LogP) is 12.6. The van der Waals surface area contributed by atoms with E-state index in [0.717, 1.165) is 70.6 Å². The van der Waals surface area contributed by atoms with Gasteiger partial charge in [-0.15, -0.1) is 0 Å². The first kappa shape index (κ1) is 48.8. The summed E-state index contributed by atoms with van der Waals surface area (Å²) in [7, 11) is 0.